The largest absolute Gasteiger partial charge is 0.492 e. The van der Waals surface area contributed by atoms with Crippen molar-refractivity contribution in [3.63, 3.8) is 0 Å². The zero-order valence-electron chi connectivity index (χ0n) is 11.4. The molecule has 3 heteroatoms. The first kappa shape index (κ1) is 14.3. The Morgan fingerprint density at radius 3 is 2.74 bits per heavy atom. The molecule has 0 aromatic heterocycles. The summed E-state index contributed by atoms with van der Waals surface area (Å²) in [6.07, 6.45) is 6.71. The third-order valence-corrected chi connectivity index (χ3v) is 4.33. The van der Waals surface area contributed by atoms with E-state index in [4.69, 9.17) is 4.74 Å². The van der Waals surface area contributed by atoms with Crippen LogP contribution in [0.1, 0.15) is 37.0 Å². The van der Waals surface area contributed by atoms with Gasteiger partial charge < -0.3 is 4.74 Å². The Hall–Kier alpha value is -1.09. The van der Waals surface area contributed by atoms with E-state index in [0.29, 0.717) is 17.4 Å². The Morgan fingerprint density at radius 1 is 1.37 bits per heavy atom. The molecule has 0 heterocycles. The number of carbonyl (C=O) groups is 1. The molecule has 1 aromatic carbocycles. The summed E-state index contributed by atoms with van der Waals surface area (Å²) in [7, 11) is 0. The summed E-state index contributed by atoms with van der Waals surface area (Å²) in [5.41, 5.74) is 0.702. The van der Waals surface area contributed by atoms with Crippen molar-refractivity contribution in [2.45, 2.75) is 26.7 Å². The van der Waals surface area contributed by atoms with Crippen molar-refractivity contribution in [1.29, 1.82) is 0 Å². The Kier molecular flexibility index (Phi) is 4.81. The number of ketones is 1. The maximum absolute atomic E-state index is 11.3. The van der Waals surface area contributed by atoms with Gasteiger partial charge >= 0.3 is 0 Å². The van der Waals surface area contributed by atoms with Gasteiger partial charge in [0.1, 0.15) is 5.75 Å². The highest BCUT2D eigenvalue weighted by molar-refractivity contribution is 9.10. The van der Waals surface area contributed by atoms with E-state index in [-0.39, 0.29) is 5.78 Å². The van der Waals surface area contributed by atoms with E-state index in [1.54, 1.807) is 6.92 Å². The zero-order valence-corrected chi connectivity index (χ0v) is 12.9. The topological polar surface area (TPSA) is 26.3 Å². The van der Waals surface area contributed by atoms with Crippen LogP contribution in [0.2, 0.25) is 0 Å². The molecule has 0 saturated carbocycles. The minimum absolute atomic E-state index is 0.0679. The quantitative estimate of drug-likeness (QED) is 0.596. The molecule has 2 unspecified atom stereocenters. The molecule has 2 atom stereocenters. The molecule has 0 amide bonds. The summed E-state index contributed by atoms with van der Waals surface area (Å²) in [6.45, 7) is 4.56. The number of carbonyl (C=O) groups excluding carboxylic acids is 1. The van der Waals surface area contributed by atoms with Gasteiger partial charge in [-0.3, -0.25) is 4.79 Å². The zero-order chi connectivity index (χ0) is 13.8. The van der Waals surface area contributed by atoms with Gasteiger partial charge in [0, 0.05) is 5.56 Å². The van der Waals surface area contributed by atoms with Crippen LogP contribution in [0.15, 0.2) is 34.8 Å². The van der Waals surface area contributed by atoms with Crippen molar-refractivity contribution < 1.29 is 9.53 Å². The smallest absolute Gasteiger partial charge is 0.159 e. The van der Waals surface area contributed by atoms with Gasteiger partial charge in [-0.25, -0.2) is 0 Å². The van der Waals surface area contributed by atoms with Crippen LogP contribution in [-0.2, 0) is 0 Å². The Morgan fingerprint density at radius 2 is 2.11 bits per heavy atom. The number of rotatable bonds is 4. The van der Waals surface area contributed by atoms with Gasteiger partial charge in [0.15, 0.2) is 5.78 Å². The Balaban J connectivity index is 1.99. The van der Waals surface area contributed by atoms with E-state index in [1.807, 2.05) is 18.2 Å². The van der Waals surface area contributed by atoms with Gasteiger partial charge in [0.05, 0.1) is 11.1 Å². The molecule has 19 heavy (non-hydrogen) atoms. The maximum Gasteiger partial charge on any atom is 0.159 e. The standard InChI is InChI=1S/C16H19BrO2/c1-11-5-3-4-6-14(11)10-19-16-8-7-13(12(2)18)9-15(16)17/h3-4,7-9,11,14H,5-6,10H2,1-2H3. The molecule has 2 rings (SSSR count). The number of halogens is 1. The number of Topliss-reactive ketones (excluding diaryl/α,β-unsaturated/α-hetero) is 1. The van der Waals surface area contributed by atoms with Crippen molar-refractivity contribution in [3.05, 3.63) is 40.4 Å². The van der Waals surface area contributed by atoms with Crippen LogP contribution in [-0.4, -0.2) is 12.4 Å². The molecule has 0 saturated heterocycles. The second-order valence-electron chi connectivity index (χ2n) is 5.19. The number of hydrogen-bond acceptors (Lipinski definition) is 2. The van der Waals surface area contributed by atoms with Crippen LogP contribution in [0.5, 0.6) is 5.75 Å². The van der Waals surface area contributed by atoms with Crippen molar-refractivity contribution in [2.75, 3.05) is 6.61 Å². The summed E-state index contributed by atoms with van der Waals surface area (Å²) in [5, 5.41) is 0. The monoisotopic (exact) mass is 322 g/mol. The van der Waals surface area contributed by atoms with Gasteiger partial charge in [0.25, 0.3) is 0 Å². The maximum atomic E-state index is 11.3. The van der Waals surface area contributed by atoms with Crippen LogP contribution in [0.25, 0.3) is 0 Å². The molecule has 0 fully saturated rings. The molecule has 0 aliphatic heterocycles. The molecule has 0 spiro atoms. The van der Waals surface area contributed by atoms with E-state index in [0.717, 1.165) is 29.7 Å². The minimum Gasteiger partial charge on any atom is -0.492 e. The van der Waals surface area contributed by atoms with E-state index in [2.05, 4.69) is 35.0 Å². The fourth-order valence-electron chi connectivity index (χ4n) is 2.27. The number of hydrogen-bond donors (Lipinski definition) is 0. The molecule has 1 aliphatic rings. The normalized spacial score (nSPS) is 22.3. The van der Waals surface area contributed by atoms with Gasteiger partial charge in [-0.1, -0.05) is 19.1 Å². The molecule has 2 nitrogen and oxygen atoms in total. The lowest BCUT2D eigenvalue weighted by Gasteiger charge is -2.25. The lowest BCUT2D eigenvalue weighted by atomic mass is 9.85. The first-order valence-corrected chi connectivity index (χ1v) is 7.45. The van der Waals surface area contributed by atoms with Crippen molar-refractivity contribution >= 4 is 21.7 Å². The first-order valence-electron chi connectivity index (χ1n) is 6.66. The van der Waals surface area contributed by atoms with Gasteiger partial charge in [-0.05, 0) is 65.7 Å². The van der Waals surface area contributed by atoms with Gasteiger partial charge in [-0.15, -0.1) is 0 Å². The van der Waals surface area contributed by atoms with Crippen LogP contribution >= 0.6 is 15.9 Å². The van der Waals surface area contributed by atoms with Crippen LogP contribution in [0, 0.1) is 11.8 Å². The molecular formula is C16H19BrO2. The highest BCUT2D eigenvalue weighted by Gasteiger charge is 2.19. The number of allylic oxidation sites excluding steroid dienone is 2. The summed E-state index contributed by atoms with van der Waals surface area (Å²) in [6, 6.07) is 5.50. The van der Waals surface area contributed by atoms with Crippen LogP contribution in [0.4, 0.5) is 0 Å². The second-order valence-corrected chi connectivity index (χ2v) is 6.05. The molecular weight excluding hydrogens is 304 g/mol. The molecule has 1 aromatic rings. The third-order valence-electron chi connectivity index (χ3n) is 3.71. The lowest BCUT2D eigenvalue weighted by Crippen LogP contribution is -2.21. The highest BCUT2D eigenvalue weighted by Crippen LogP contribution is 2.29. The third kappa shape index (κ3) is 3.69. The van der Waals surface area contributed by atoms with Gasteiger partial charge in [0.2, 0.25) is 0 Å². The predicted molar refractivity (Wildman–Crippen MR) is 80.7 cm³/mol. The summed E-state index contributed by atoms with van der Waals surface area (Å²) < 4.78 is 6.74. The van der Waals surface area contributed by atoms with E-state index in [9.17, 15) is 4.79 Å². The van der Waals surface area contributed by atoms with Crippen molar-refractivity contribution in [2.24, 2.45) is 11.8 Å². The van der Waals surface area contributed by atoms with Crippen LogP contribution < -0.4 is 4.74 Å². The number of benzene rings is 1. The molecule has 1 aliphatic carbocycles. The molecule has 0 bridgehead atoms. The molecule has 0 radical (unpaired) electrons. The minimum atomic E-state index is 0.0679. The van der Waals surface area contributed by atoms with Crippen molar-refractivity contribution in [1.82, 2.24) is 0 Å². The fraction of sp³-hybridized carbons (Fsp3) is 0.438. The molecule has 102 valence electrons. The van der Waals surface area contributed by atoms with E-state index >= 15 is 0 Å². The second kappa shape index (κ2) is 6.38. The fourth-order valence-corrected chi connectivity index (χ4v) is 2.77. The summed E-state index contributed by atoms with van der Waals surface area (Å²) >= 11 is 3.46. The first-order chi connectivity index (χ1) is 9.08. The summed E-state index contributed by atoms with van der Waals surface area (Å²) in [4.78, 5) is 11.3. The average Bonchev–Trinajstić information content (AvgIpc) is 2.39. The highest BCUT2D eigenvalue weighted by atomic mass is 79.9. The van der Waals surface area contributed by atoms with Crippen molar-refractivity contribution in [3.8, 4) is 5.75 Å². The van der Waals surface area contributed by atoms with Gasteiger partial charge in [-0.2, -0.15) is 0 Å². The number of ether oxygens (including phenoxy) is 1. The van der Waals surface area contributed by atoms with Crippen LogP contribution in [0.3, 0.4) is 0 Å². The van der Waals surface area contributed by atoms with E-state index < -0.39 is 0 Å². The Bertz CT molecular complexity index is 494. The molecule has 0 N–H and O–H groups in total. The SMILES string of the molecule is CC(=O)c1ccc(OCC2CC=CCC2C)c(Br)c1. The van der Waals surface area contributed by atoms with E-state index in [1.165, 1.54) is 0 Å². The Labute approximate surface area is 123 Å². The average molecular weight is 323 g/mol. The summed E-state index contributed by atoms with van der Waals surface area (Å²) in [5.74, 6) is 2.12. The predicted octanol–water partition coefficient (Wildman–Crippen LogP) is 4.63. The lowest BCUT2D eigenvalue weighted by molar-refractivity contribution is 0.101.